The predicted octanol–water partition coefficient (Wildman–Crippen LogP) is -7.27. The van der Waals surface area contributed by atoms with Crippen LogP contribution in [0.3, 0.4) is 0 Å². The lowest BCUT2D eigenvalue weighted by molar-refractivity contribution is -0.439. The predicted molar refractivity (Wildman–Crippen MR) is 115 cm³/mol. The van der Waals surface area contributed by atoms with Gasteiger partial charge >= 0.3 is 5.97 Å². The van der Waals surface area contributed by atoms with Crippen LogP contribution in [0, 0.1) is 0 Å². The molecule has 3 aliphatic heterocycles. The molecule has 3 saturated heterocycles. The van der Waals surface area contributed by atoms with Crippen LogP contribution in [-0.4, -0.2) is 159 Å². The van der Waals surface area contributed by atoms with E-state index in [1.807, 2.05) is 0 Å². The molecule has 4 aliphatic rings. The Morgan fingerprint density at radius 3 is 2.22 bits per heavy atom. The van der Waals surface area contributed by atoms with Crippen LogP contribution in [0.2, 0.25) is 0 Å². The molecular formula is C20H37N3O13. The molecule has 36 heavy (non-hydrogen) atoms. The molecule has 0 amide bonds. The largest absolute Gasteiger partial charge is 0.395 e. The van der Waals surface area contributed by atoms with Crippen molar-refractivity contribution in [3.63, 3.8) is 0 Å². The zero-order chi connectivity index (χ0) is 26.5. The number of hydrogen-bond donors (Lipinski definition) is 11. The zero-order valence-electron chi connectivity index (χ0n) is 19.6. The lowest BCUT2D eigenvalue weighted by Crippen LogP contribution is -2.69. The van der Waals surface area contributed by atoms with Gasteiger partial charge in [0.25, 0.3) is 0 Å². The summed E-state index contributed by atoms with van der Waals surface area (Å²) in [6.45, 7) is -1.33. The van der Waals surface area contributed by atoms with Crippen molar-refractivity contribution in [1.29, 1.82) is 0 Å². The van der Waals surface area contributed by atoms with Crippen molar-refractivity contribution in [1.82, 2.24) is 5.32 Å². The van der Waals surface area contributed by atoms with Gasteiger partial charge in [0.2, 0.25) is 0 Å². The van der Waals surface area contributed by atoms with Gasteiger partial charge in [0.1, 0.15) is 48.8 Å². The van der Waals surface area contributed by atoms with Gasteiger partial charge in [-0.2, -0.15) is 0 Å². The number of aliphatic hydroxyl groups is 8. The highest BCUT2D eigenvalue weighted by Crippen LogP contribution is 2.45. The minimum absolute atomic E-state index is 0.254. The number of likely N-dealkylation sites (N-methyl/N-ethyl adjacent to an activating group) is 1. The lowest BCUT2D eigenvalue weighted by atomic mass is 9.84. The van der Waals surface area contributed by atoms with Gasteiger partial charge in [0.05, 0.1) is 31.5 Å². The maximum absolute atomic E-state index is 10.7. The van der Waals surface area contributed by atoms with Gasteiger partial charge in [-0.05, 0) is 13.5 Å². The topological polar surface area (TPSA) is 272 Å². The highest BCUT2D eigenvalue weighted by Gasteiger charge is 2.67. The molecule has 16 atom stereocenters. The third-order valence-electron chi connectivity index (χ3n) is 7.42. The molecular weight excluding hydrogens is 490 g/mol. The number of rotatable bonds is 6. The summed E-state index contributed by atoms with van der Waals surface area (Å²) in [4.78, 5) is 0. The molecule has 13 N–H and O–H groups in total. The highest BCUT2D eigenvalue weighted by molar-refractivity contribution is 5.05. The van der Waals surface area contributed by atoms with Crippen molar-refractivity contribution >= 4 is 0 Å². The van der Waals surface area contributed by atoms with E-state index in [0.29, 0.717) is 0 Å². The summed E-state index contributed by atoms with van der Waals surface area (Å²) >= 11 is 0. The number of ether oxygens (including phenoxy) is 5. The molecule has 4 rings (SSSR count). The Hall–Kier alpha value is -0.640. The maximum atomic E-state index is 10.7. The Morgan fingerprint density at radius 1 is 0.944 bits per heavy atom. The van der Waals surface area contributed by atoms with E-state index in [1.165, 1.54) is 0 Å². The second-order valence-electron chi connectivity index (χ2n) is 9.72. The first-order valence-corrected chi connectivity index (χ1v) is 11.8. The van der Waals surface area contributed by atoms with E-state index in [-0.39, 0.29) is 6.42 Å². The van der Waals surface area contributed by atoms with Crippen molar-refractivity contribution < 1.29 is 64.5 Å². The monoisotopic (exact) mass is 527 g/mol. The van der Waals surface area contributed by atoms with Crippen LogP contribution in [-0.2, 0) is 23.7 Å². The molecule has 1 saturated carbocycles. The van der Waals surface area contributed by atoms with Crippen LogP contribution in [0.15, 0.2) is 0 Å². The Labute approximate surface area is 206 Å². The van der Waals surface area contributed by atoms with Crippen LogP contribution in [0.25, 0.3) is 0 Å². The third kappa shape index (κ3) is 4.68. The van der Waals surface area contributed by atoms with Crippen LogP contribution in [0.1, 0.15) is 6.42 Å². The standard InChI is InChI=1S/C20H37N3O13/c1-23-7-2-5(21)9(26)15(10(7)27)33-19-17-16(11(28)8(4-25)32-19)35-20(36-17)18(31)13(30)12(29)14(34-20)6(22)3-24/h5-19,23-31H,2-4,21-22H2,1H3/t5-,6-,7+,8+,9+,10-,11-,12+,13+,14+,15+,16-,17-,18+,19-,20?/m0/s1. The fourth-order valence-electron chi connectivity index (χ4n) is 5.23. The minimum Gasteiger partial charge on any atom is -0.395 e. The van der Waals surface area contributed by atoms with Gasteiger partial charge in [-0.3, -0.25) is 0 Å². The quantitative estimate of drug-likeness (QED) is 0.153. The highest BCUT2D eigenvalue weighted by atomic mass is 16.9. The summed E-state index contributed by atoms with van der Waals surface area (Å²) in [6, 6.07) is -2.50. The molecule has 1 aliphatic carbocycles. The molecule has 1 unspecified atom stereocenters. The van der Waals surface area contributed by atoms with E-state index in [4.69, 9.17) is 35.2 Å². The Morgan fingerprint density at radius 2 is 1.61 bits per heavy atom. The van der Waals surface area contributed by atoms with E-state index < -0.39 is 111 Å². The maximum Gasteiger partial charge on any atom is 0.314 e. The first-order chi connectivity index (χ1) is 17.0. The van der Waals surface area contributed by atoms with Crippen LogP contribution < -0.4 is 16.8 Å². The van der Waals surface area contributed by atoms with Crippen LogP contribution in [0.4, 0.5) is 0 Å². The average molecular weight is 528 g/mol. The van der Waals surface area contributed by atoms with Crippen LogP contribution in [0.5, 0.6) is 0 Å². The second-order valence-corrected chi connectivity index (χ2v) is 9.72. The van der Waals surface area contributed by atoms with Crippen LogP contribution >= 0.6 is 0 Å². The molecule has 16 heteroatoms. The molecule has 0 bridgehead atoms. The summed E-state index contributed by atoms with van der Waals surface area (Å²) in [5, 5.41) is 85.6. The SMILES string of the molecule is CN[C@@H]1C[C@H](N)[C@@H](O)[C@@H](O[C@@H]2O[C@H](CO)[C@H](O)[C@@H]3OC4(O[C@H]23)O[C@H]([C@@H](N)CO)[C@H](O)[C@@H](O)[C@H]4O)[C@H]1O. The first-order valence-electron chi connectivity index (χ1n) is 11.8. The number of hydrogen-bond acceptors (Lipinski definition) is 16. The van der Waals surface area contributed by atoms with E-state index in [2.05, 4.69) is 5.32 Å². The Kier molecular flexibility index (Phi) is 8.55. The van der Waals surface area contributed by atoms with E-state index in [9.17, 15) is 40.9 Å². The van der Waals surface area contributed by atoms with Gasteiger partial charge in [0, 0.05) is 12.1 Å². The molecule has 0 aromatic heterocycles. The Balaban J connectivity index is 1.62. The third-order valence-corrected chi connectivity index (χ3v) is 7.42. The van der Waals surface area contributed by atoms with Crippen molar-refractivity contribution in [3.8, 4) is 0 Å². The number of nitrogens with one attached hydrogen (secondary N) is 1. The fraction of sp³-hybridized carbons (Fsp3) is 1.00. The molecule has 210 valence electrons. The van der Waals surface area contributed by atoms with E-state index in [0.717, 1.165) is 0 Å². The number of fused-ring (bicyclic) bond motifs is 1. The summed E-state index contributed by atoms with van der Waals surface area (Å²) in [6.07, 6.45) is -17.7. The Bertz CT molecular complexity index is 756. The lowest BCUT2D eigenvalue weighted by Gasteiger charge is -2.46. The average Bonchev–Trinajstić information content (AvgIpc) is 3.27. The van der Waals surface area contributed by atoms with E-state index in [1.54, 1.807) is 7.05 Å². The van der Waals surface area contributed by atoms with Gasteiger partial charge in [-0.15, -0.1) is 0 Å². The molecule has 1 spiro atoms. The van der Waals surface area contributed by atoms with Crippen molar-refractivity contribution in [2.45, 2.75) is 104 Å². The minimum atomic E-state index is -2.48. The molecule has 0 radical (unpaired) electrons. The number of nitrogens with two attached hydrogens (primary N) is 2. The summed E-state index contributed by atoms with van der Waals surface area (Å²) in [5.41, 5.74) is 11.8. The summed E-state index contributed by atoms with van der Waals surface area (Å²) < 4.78 is 28.7. The normalized spacial score (nSPS) is 54.4. The van der Waals surface area contributed by atoms with Gasteiger partial charge in [-0.1, -0.05) is 0 Å². The fourth-order valence-corrected chi connectivity index (χ4v) is 5.23. The second kappa shape index (κ2) is 10.9. The first kappa shape index (κ1) is 28.4. The van der Waals surface area contributed by atoms with Crippen molar-refractivity contribution in [3.05, 3.63) is 0 Å². The van der Waals surface area contributed by atoms with Gasteiger partial charge in [-0.25, -0.2) is 0 Å². The summed E-state index contributed by atoms with van der Waals surface area (Å²) in [7, 11) is 1.60. The van der Waals surface area contributed by atoms with E-state index >= 15 is 0 Å². The number of aliphatic hydroxyl groups excluding tert-OH is 8. The molecule has 3 heterocycles. The zero-order valence-corrected chi connectivity index (χ0v) is 19.6. The molecule has 16 nitrogen and oxygen atoms in total. The molecule has 4 fully saturated rings. The van der Waals surface area contributed by atoms with Crippen molar-refractivity contribution in [2.24, 2.45) is 11.5 Å². The molecule has 0 aromatic carbocycles. The van der Waals surface area contributed by atoms with Crippen molar-refractivity contribution in [2.75, 3.05) is 20.3 Å². The summed E-state index contributed by atoms with van der Waals surface area (Å²) in [5.74, 6) is -2.48. The van der Waals surface area contributed by atoms with Gasteiger partial charge < -0.3 is 81.3 Å². The van der Waals surface area contributed by atoms with Gasteiger partial charge in [0.15, 0.2) is 12.4 Å². The molecule has 0 aromatic rings. The smallest absolute Gasteiger partial charge is 0.314 e.